The van der Waals surface area contributed by atoms with Crippen molar-refractivity contribution in [3.8, 4) is 11.5 Å². The van der Waals surface area contributed by atoms with Gasteiger partial charge in [0.15, 0.2) is 11.5 Å². The van der Waals surface area contributed by atoms with Gasteiger partial charge < -0.3 is 19.7 Å². The van der Waals surface area contributed by atoms with Crippen LogP contribution in [0.2, 0.25) is 0 Å². The normalized spacial score (nSPS) is 16.1. The number of aliphatic hydroxyl groups is 1. The summed E-state index contributed by atoms with van der Waals surface area (Å²) in [5.41, 5.74) is 3.50. The lowest BCUT2D eigenvalue weighted by atomic mass is 10.2. The first kappa shape index (κ1) is 20.1. The molecular weight excluding hydrogens is 410 g/mol. The van der Waals surface area contributed by atoms with Crippen molar-refractivity contribution in [1.29, 1.82) is 0 Å². The smallest absolute Gasteiger partial charge is 0.230 e. The van der Waals surface area contributed by atoms with Crippen molar-refractivity contribution in [2.75, 3.05) is 23.3 Å². The second-order valence-corrected chi connectivity index (χ2v) is 7.98. The Bertz CT molecular complexity index is 1300. The summed E-state index contributed by atoms with van der Waals surface area (Å²) in [6.07, 6.45) is 5.20. The molecule has 5 heterocycles. The zero-order valence-corrected chi connectivity index (χ0v) is 17.8. The van der Waals surface area contributed by atoms with Gasteiger partial charge in [0.2, 0.25) is 11.8 Å². The molecule has 4 aromatic heterocycles. The number of pyridine rings is 2. The van der Waals surface area contributed by atoms with Gasteiger partial charge in [-0.1, -0.05) is 0 Å². The first-order chi connectivity index (χ1) is 15.5. The van der Waals surface area contributed by atoms with Crippen molar-refractivity contribution < 1.29 is 14.3 Å². The van der Waals surface area contributed by atoms with Gasteiger partial charge in [-0.2, -0.15) is 5.10 Å². The summed E-state index contributed by atoms with van der Waals surface area (Å²) in [4.78, 5) is 28.1. The second kappa shape index (κ2) is 8.04. The van der Waals surface area contributed by atoms with Gasteiger partial charge in [0.05, 0.1) is 30.1 Å². The van der Waals surface area contributed by atoms with E-state index in [4.69, 9.17) is 9.40 Å². The van der Waals surface area contributed by atoms with Crippen LogP contribution >= 0.6 is 0 Å². The summed E-state index contributed by atoms with van der Waals surface area (Å²) in [5, 5.41) is 18.0. The number of oxazole rings is 1. The van der Waals surface area contributed by atoms with E-state index in [1.807, 2.05) is 37.1 Å². The van der Waals surface area contributed by atoms with E-state index in [9.17, 15) is 9.90 Å². The molecule has 0 saturated carbocycles. The van der Waals surface area contributed by atoms with Gasteiger partial charge in [0.25, 0.3) is 0 Å². The molecule has 10 heteroatoms. The van der Waals surface area contributed by atoms with Crippen molar-refractivity contribution in [2.24, 2.45) is 7.05 Å². The third-order valence-electron chi connectivity index (χ3n) is 5.46. The molecule has 0 aromatic carbocycles. The fraction of sp³-hybridized carbons (Fsp3) is 0.318. The highest BCUT2D eigenvalue weighted by atomic mass is 16.3. The molecule has 4 aromatic rings. The molecule has 0 spiro atoms. The van der Waals surface area contributed by atoms with E-state index >= 15 is 0 Å². The van der Waals surface area contributed by atoms with E-state index in [0.29, 0.717) is 48.2 Å². The number of aliphatic hydroxyl groups excluding tert-OH is 1. The van der Waals surface area contributed by atoms with Gasteiger partial charge >= 0.3 is 0 Å². The number of aryl methyl sites for hydroxylation is 2. The van der Waals surface area contributed by atoms with Gasteiger partial charge in [-0.15, -0.1) is 0 Å². The predicted octanol–water partition coefficient (Wildman–Crippen LogP) is 2.08. The minimum absolute atomic E-state index is 0.0563. The topological polar surface area (TPSA) is 122 Å². The molecule has 1 aliphatic heterocycles. The average molecular weight is 433 g/mol. The number of carbonyl (C=O) groups is 1. The lowest BCUT2D eigenvalue weighted by Crippen LogP contribution is -2.25. The Kier molecular flexibility index (Phi) is 5.06. The molecular formula is C22H23N7O3. The maximum atomic E-state index is 12.8. The van der Waals surface area contributed by atoms with E-state index in [1.165, 1.54) is 6.26 Å². The monoisotopic (exact) mass is 433 g/mol. The molecule has 164 valence electrons. The minimum atomic E-state index is -0.409. The zero-order chi connectivity index (χ0) is 22.2. The van der Waals surface area contributed by atoms with Crippen molar-refractivity contribution >= 4 is 28.4 Å². The van der Waals surface area contributed by atoms with Crippen molar-refractivity contribution in [3.05, 3.63) is 48.2 Å². The Morgan fingerprint density at radius 3 is 3.00 bits per heavy atom. The van der Waals surface area contributed by atoms with Gasteiger partial charge in [-0.25, -0.2) is 9.97 Å². The SMILES string of the molecule is Cc1cc(-c2nc(CC(=O)Nc3cc4cnn(C)c4nc3N3CC[C@H](O)C3)co2)ccn1. The molecule has 0 radical (unpaired) electrons. The molecule has 10 nitrogen and oxygen atoms in total. The molecule has 0 unspecified atom stereocenters. The predicted molar refractivity (Wildman–Crippen MR) is 118 cm³/mol. The highest BCUT2D eigenvalue weighted by molar-refractivity contribution is 5.97. The standard InChI is InChI=1S/C22H23N7O3/c1-13-7-14(3-5-23-13)22-25-16(12-32-22)9-19(31)26-18-8-15-10-24-28(2)20(15)27-21(18)29-6-4-17(30)11-29/h3,5,7-8,10,12,17,30H,4,6,9,11H2,1-2H3,(H,26,31)/t17-/m0/s1. The van der Waals surface area contributed by atoms with E-state index in [0.717, 1.165) is 16.6 Å². The summed E-state index contributed by atoms with van der Waals surface area (Å²) in [6, 6.07) is 5.55. The highest BCUT2D eigenvalue weighted by Gasteiger charge is 2.25. The van der Waals surface area contributed by atoms with E-state index < -0.39 is 6.10 Å². The van der Waals surface area contributed by atoms with Crippen LogP contribution in [0.4, 0.5) is 11.5 Å². The highest BCUT2D eigenvalue weighted by Crippen LogP contribution is 2.30. The third kappa shape index (κ3) is 3.92. The van der Waals surface area contributed by atoms with Crippen LogP contribution in [0, 0.1) is 6.92 Å². The fourth-order valence-electron chi connectivity index (χ4n) is 3.89. The number of carbonyl (C=O) groups excluding carboxylic acids is 1. The van der Waals surface area contributed by atoms with Crippen LogP contribution in [-0.2, 0) is 18.3 Å². The molecule has 1 atom stereocenters. The molecule has 32 heavy (non-hydrogen) atoms. The number of aromatic nitrogens is 5. The molecule has 1 fully saturated rings. The number of amides is 1. The van der Waals surface area contributed by atoms with Crippen LogP contribution in [-0.4, -0.2) is 54.9 Å². The Morgan fingerprint density at radius 1 is 1.34 bits per heavy atom. The molecule has 0 bridgehead atoms. The maximum absolute atomic E-state index is 12.8. The maximum Gasteiger partial charge on any atom is 0.230 e. The van der Waals surface area contributed by atoms with Gasteiger partial charge in [-0.3, -0.25) is 14.5 Å². The van der Waals surface area contributed by atoms with E-state index in [1.54, 1.807) is 17.1 Å². The average Bonchev–Trinajstić information content (AvgIpc) is 3.48. The minimum Gasteiger partial charge on any atom is -0.444 e. The molecule has 0 aliphatic carbocycles. The first-order valence-corrected chi connectivity index (χ1v) is 10.4. The summed E-state index contributed by atoms with van der Waals surface area (Å²) < 4.78 is 7.24. The van der Waals surface area contributed by atoms with Gasteiger partial charge in [0.1, 0.15) is 6.26 Å². The Balaban J connectivity index is 1.38. The van der Waals surface area contributed by atoms with E-state index in [-0.39, 0.29) is 12.3 Å². The van der Waals surface area contributed by atoms with Crippen LogP contribution in [0.25, 0.3) is 22.5 Å². The fourth-order valence-corrected chi connectivity index (χ4v) is 3.89. The van der Waals surface area contributed by atoms with Gasteiger partial charge in [0, 0.05) is 43.0 Å². The largest absolute Gasteiger partial charge is 0.444 e. The Hall–Kier alpha value is -3.79. The number of nitrogens with one attached hydrogen (secondary N) is 1. The van der Waals surface area contributed by atoms with Gasteiger partial charge in [-0.05, 0) is 31.5 Å². The van der Waals surface area contributed by atoms with Crippen molar-refractivity contribution in [3.63, 3.8) is 0 Å². The number of hydrogen-bond donors (Lipinski definition) is 2. The Labute approximate surface area is 183 Å². The first-order valence-electron chi connectivity index (χ1n) is 10.4. The van der Waals surface area contributed by atoms with Crippen molar-refractivity contribution in [1.82, 2.24) is 24.7 Å². The molecule has 5 rings (SSSR count). The zero-order valence-electron chi connectivity index (χ0n) is 17.8. The lowest BCUT2D eigenvalue weighted by molar-refractivity contribution is -0.115. The number of fused-ring (bicyclic) bond motifs is 1. The lowest BCUT2D eigenvalue weighted by Gasteiger charge is -2.20. The summed E-state index contributed by atoms with van der Waals surface area (Å²) in [6.45, 7) is 3.03. The van der Waals surface area contributed by atoms with Crippen LogP contribution in [0.15, 0.2) is 41.3 Å². The number of anilines is 2. The Morgan fingerprint density at radius 2 is 2.22 bits per heavy atom. The summed E-state index contributed by atoms with van der Waals surface area (Å²) in [7, 11) is 1.82. The number of nitrogens with zero attached hydrogens (tertiary/aromatic N) is 6. The van der Waals surface area contributed by atoms with Crippen LogP contribution in [0.1, 0.15) is 17.8 Å². The molecule has 1 saturated heterocycles. The number of hydrogen-bond acceptors (Lipinski definition) is 8. The summed E-state index contributed by atoms with van der Waals surface area (Å²) >= 11 is 0. The third-order valence-corrected chi connectivity index (χ3v) is 5.46. The quantitative estimate of drug-likeness (QED) is 0.491. The molecule has 2 N–H and O–H groups in total. The number of β-amino-alcohol motifs (C(OH)–C–C–N with tert-alkyl or cyclic N) is 1. The second-order valence-electron chi connectivity index (χ2n) is 7.98. The van der Waals surface area contributed by atoms with Crippen molar-refractivity contribution in [2.45, 2.75) is 25.9 Å². The molecule has 1 amide bonds. The summed E-state index contributed by atoms with van der Waals surface area (Å²) in [5.74, 6) is 0.837. The van der Waals surface area contributed by atoms with E-state index in [2.05, 4.69) is 20.4 Å². The van der Waals surface area contributed by atoms with Crippen LogP contribution < -0.4 is 10.2 Å². The van der Waals surface area contributed by atoms with Crippen LogP contribution in [0.5, 0.6) is 0 Å². The molecule has 1 aliphatic rings. The number of rotatable bonds is 5. The van der Waals surface area contributed by atoms with Crippen LogP contribution in [0.3, 0.4) is 0 Å².